The Morgan fingerprint density at radius 3 is 2.62 bits per heavy atom. The normalized spacial score (nSPS) is 13.1. The van der Waals surface area contributed by atoms with Crippen LogP contribution in [0.2, 0.25) is 0 Å². The molecule has 1 aromatic heterocycles. The fraction of sp³-hybridized carbons (Fsp3) is 0.154. The summed E-state index contributed by atoms with van der Waals surface area (Å²) in [6.07, 6.45) is -0.141. The third-order valence-electron chi connectivity index (χ3n) is 5.76. The predicted molar refractivity (Wildman–Crippen MR) is 121 cm³/mol. The molecule has 0 radical (unpaired) electrons. The number of rotatable bonds is 6. The van der Waals surface area contributed by atoms with E-state index in [1.807, 2.05) is 0 Å². The monoisotopic (exact) mass is 461 g/mol. The van der Waals surface area contributed by atoms with Gasteiger partial charge in [0.1, 0.15) is 17.1 Å². The van der Waals surface area contributed by atoms with Crippen molar-refractivity contribution in [2.45, 2.75) is 18.9 Å². The molecule has 5 rings (SSSR count). The van der Waals surface area contributed by atoms with Gasteiger partial charge in [-0.05, 0) is 47.5 Å². The number of aromatic hydroxyl groups is 1. The van der Waals surface area contributed by atoms with Crippen molar-refractivity contribution in [2.24, 2.45) is 0 Å². The second-order valence-electron chi connectivity index (χ2n) is 7.92. The van der Waals surface area contributed by atoms with Crippen molar-refractivity contribution in [1.82, 2.24) is 5.32 Å². The largest absolute Gasteiger partial charge is 0.507 e. The van der Waals surface area contributed by atoms with Crippen LogP contribution >= 0.6 is 0 Å². The van der Waals surface area contributed by atoms with E-state index in [2.05, 4.69) is 5.32 Å². The van der Waals surface area contributed by atoms with Crippen molar-refractivity contribution in [3.8, 4) is 17.2 Å². The van der Waals surface area contributed by atoms with E-state index in [-0.39, 0.29) is 48.4 Å². The van der Waals surface area contributed by atoms with Gasteiger partial charge in [-0.1, -0.05) is 30.3 Å². The highest BCUT2D eigenvalue weighted by atomic mass is 19.1. The minimum Gasteiger partial charge on any atom is -0.507 e. The maximum Gasteiger partial charge on any atom is 0.343 e. The molecule has 0 saturated carbocycles. The van der Waals surface area contributed by atoms with Crippen molar-refractivity contribution >= 4 is 16.9 Å². The van der Waals surface area contributed by atoms with Gasteiger partial charge in [-0.3, -0.25) is 4.79 Å². The first-order chi connectivity index (χ1) is 16.5. The molecule has 0 fully saturated rings. The van der Waals surface area contributed by atoms with E-state index in [4.69, 9.17) is 13.9 Å². The zero-order chi connectivity index (χ0) is 23.7. The lowest BCUT2D eigenvalue weighted by atomic mass is 9.87. The van der Waals surface area contributed by atoms with Gasteiger partial charge in [0, 0.05) is 18.9 Å². The third-order valence-corrected chi connectivity index (χ3v) is 5.76. The summed E-state index contributed by atoms with van der Waals surface area (Å²) in [6, 6.07) is 17.5. The highest BCUT2D eigenvalue weighted by molar-refractivity contribution is 5.85. The lowest BCUT2D eigenvalue weighted by molar-refractivity contribution is -0.121. The van der Waals surface area contributed by atoms with Gasteiger partial charge in [0.25, 0.3) is 0 Å². The molecule has 2 N–H and O–H groups in total. The lowest BCUT2D eigenvalue weighted by Crippen LogP contribution is -2.26. The first-order valence-electron chi connectivity index (χ1n) is 10.6. The van der Waals surface area contributed by atoms with E-state index < -0.39 is 11.5 Å². The van der Waals surface area contributed by atoms with E-state index >= 15 is 0 Å². The van der Waals surface area contributed by atoms with Gasteiger partial charge in [-0.15, -0.1) is 0 Å². The molecule has 7 nitrogen and oxygen atoms in total. The topological polar surface area (TPSA) is 98.0 Å². The molecule has 0 aliphatic carbocycles. The van der Waals surface area contributed by atoms with E-state index in [0.29, 0.717) is 22.4 Å². The molecule has 1 aliphatic rings. The van der Waals surface area contributed by atoms with Crippen LogP contribution in [0.5, 0.6) is 17.2 Å². The van der Waals surface area contributed by atoms with Crippen molar-refractivity contribution in [1.29, 1.82) is 0 Å². The molecule has 3 aromatic carbocycles. The van der Waals surface area contributed by atoms with Crippen molar-refractivity contribution < 1.29 is 28.2 Å². The molecular formula is C26H20FNO6. The van der Waals surface area contributed by atoms with Crippen molar-refractivity contribution in [2.75, 3.05) is 6.79 Å². The number of benzene rings is 3. The van der Waals surface area contributed by atoms with Crippen LogP contribution in [0.3, 0.4) is 0 Å². The number of fused-ring (bicyclic) bond motifs is 2. The second-order valence-corrected chi connectivity index (χ2v) is 7.92. The van der Waals surface area contributed by atoms with Crippen LogP contribution in [0.15, 0.2) is 75.9 Å². The summed E-state index contributed by atoms with van der Waals surface area (Å²) in [6.45, 7) is 0.260. The Balaban J connectivity index is 1.50. The maximum atomic E-state index is 13.1. The second kappa shape index (κ2) is 8.90. The van der Waals surface area contributed by atoms with Crippen LogP contribution in [0.4, 0.5) is 4.39 Å². The number of halogens is 1. The Kier molecular flexibility index (Phi) is 5.63. The molecule has 2 heterocycles. The molecule has 0 spiro atoms. The molecule has 4 aromatic rings. The molecule has 1 aliphatic heterocycles. The fourth-order valence-electron chi connectivity index (χ4n) is 4.03. The van der Waals surface area contributed by atoms with Gasteiger partial charge < -0.3 is 24.3 Å². The van der Waals surface area contributed by atoms with E-state index in [0.717, 1.165) is 5.56 Å². The Labute approximate surface area is 193 Å². The van der Waals surface area contributed by atoms with Gasteiger partial charge in [0.2, 0.25) is 12.7 Å². The Morgan fingerprint density at radius 2 is 1.79 bits per heavy atom. The standard InChI is InChI=1S/C26H20FNO6/c27-17-8-5-15(6-9-17)13-28-23(29)12-19(16-7-10-21-22(11-16)33-14-32-21)24-25(30)18-3-1-2-4-20(18)34-26(24)31/h1-11,19,30H,12-14H2,(H,28,29)/t19-/m1/s1. The molecule has 0 saturated heterocycles. The summed E-state index contributed by atoms with van der Waals surface area (Å²) in [5, 5.41) is 14.2. The number of carbonyl (C=O) groups excluding carboxylic acids is 1. The molecule has 8 heteroatoms. The minimum absolute atomic E-state index is 0.0190. The summed E-state index contributed by atoms with van der Waals surface area (Å²) in [5.74, 6) is -0.739. The zero-order valence-electron chi connectivity index (χ0n) is 17.9. The lowest BCUT2D eigenvalue weighted by Gasteiger charge is -2.19. The van der Waals surface area contributed by atoms with Crippen LogP contribution in [-0.4, -0.2) is 17.8 Å². The van der Waals surface area contributed by atoms with Crippen LogP contribution in [-0.2, 0) is 11.3 Å². The zero-order valence-corrected chi connectivity index (χ0v) is 17.9. The fourth-order valence-corrected chi connectivity index (χ4v) is 4.03. The van der Waals surface area contributed by atoms with Gasteiger partial charge in [0.05, 0.1) is 10.9 Å². The van der Waals surface area contributed by atoms with Crippen molar-refractivity contribution in [3.05, 3.63) is 99.7 Å². The smallest absolute Gasteiger partial charge is 0.343 e. The average Bonchev–Trinajstić information content (AvgIpc) is 3.31. The van der Waals surface area contributed by atoms with Crippen LogP contribution < -0.4 is 20.4 Å². The Hall–Kier alpha value is -4.33. The number of ether oxygens (including phenoxy) is 2. The Bertz CT molecular complexity index is 1430. The molecule has 1 amide bonds. The van der Waals surface area contributed by atoms with E-state index in [1.165, 1.54) is 12.1 Å². The van der Waals surface area contributed by atoms with Gasteiger partial charge >= 0.3 is 5.63 Å². The number of hydrogen-bond acceptors (Lipinski definition) is 6. The van der Waals surface area contributed by atoms with Crippen LogP contribution in [0, 0.1) is 5.82 Å². The average molecular weight is 461 g/mol. The van der Waals surface area contributed by atoms with Gasteiger partial charge in [-0.2, -0.15) is 0 Å². The third kappa shape index (κ3) is 4.17. The summed E-state index contributed by atoms with van der Waals surface area (Å²) in [7, 11) is 0. The quantitative estimate of drug-likeness (QED) is 0.418. The first kappa shape index (κ1) is 21.5. The summed E-state index contributed by atoms with van der Waals surface area (Å²) in [5.41, 5.74) is 0.806. The molecular weight excluding hydrogens is 441 g/mol. The molecule has 34 heavy (non-hydrogen) atoms. The number of para-hydroxylation sites is 1. The van der Waals surface area contributed by atoms with Crippen LogP contribution in [0.1, 0.15) is 29.0 Å². The van der Waals surface area contributed by atoms with Crippen molar-refractivity contribution in [3.63, 3.8) is 0 Å². The summed E-state index contributed by atoms with van der Waals surface area (Å²) in [4.78, 5) is 25.9. The van der Waals surface area contributed by atoms with E-state index in [1.54, 1.807) is 54.6 Å². The van der Waals surface area contributed by atoms with Gasteiger partial charge in [-0.25, -0.2) is 9.18 Å². The highest BCUT2D eigenvalue weighted by Crippen LogP contribution is 2.40. The summed E-state index contributed by atoms with van der Waals surface area (Å²) >= 11 is 0. The molecule has 1 atom stereocenters. The van der Waals surface area contributed by atoms with E-state index in [9.17, 15) is 19.1 Å². The minimum atomic E-state index is -0.816. The number of hydrogen-bond donors (Lipinski definition) is 2. The number of amides is 1. The maximum absolute atomic E-state index is 13.1. The van der Waals surface area contributed by atoms with Crippen LogP contribution in [0.25, 0.3) is 11.0 Å². The molecule has 172 valence electrons. The first-order valence-corrected chi connectivity index (χ1v) is 10.6. The van der Waals surface area contributed by atoms with Gasteiger partial charge in [0.15, 0.2) is 11.5 Å². The molecule has 0 bridgehead atoms. The molecule has 0 unspecified atom stereocenters. The Morgan fingerprint density at radius 1 is 1.03 bits per heavy atom. The highest BCUT2D eigenvalue weighted by Gasteiger charge is 2.28. The number of carbonyl (C=O) groups is 1. The predicted octanol–water partition coefficient (Wildman–Crippen LogP) is 4.20. The summed E-state index contributed by atoms with van der Waals surface area (Å²) < 4.78 is 29.4. The number of nitrogens with one attached hydrogen (secondary N) is 1. The SMILES string of the molecule is O=C(C[C@H](c1ccc2c(c1)OCO2)c1c(O)c2ccccc2oc1=O)NCc1ccc(F)cc1.